The molecule has 0 radical (unpaired) electrons. The number of unbranched alkanes of at least 4 members (excludes halogenated alkanes) is 1. The number of ether oxygens (including phenoxy) is 1. The smallest absolute Gasteiger partial charge is 0.315 e. The second-order valence-electron chi connectivity index (χ2n) is 4.23. The van der Waals surface area contributed by atoms with Crippen molar-refractivity contribution in [3.05, 3.63) is 0 Å². The van der Waals surface area contributed by atoms with E-state index in [0.29, 0.717) is 6.61 Å². The zero-order valence-electron chi connectivity index (χ0n) is 11.2. The van der Waals surface area contributed by atoms with E-state index in [-0.39, 0.29) is 17.9 Å². The Bertz CT molecular complexity index is 277. The third-order valence-electron chi connectivity index (χ3n) is 2.40. The van der Waals surface area contributed by atoms with Crippen LogP contribution in [0.15, 0.2) is 0 Å². The number of halogens is 5. The summed E-state index contributed by atoms with van der Waals surface area (Å²) in [6.45, 7) is 2.27. The van der Waals surface area contributed by atoms with Crippen LogP contribution in [0.1, 0.15) is 32.6 Å². The van der Waals surface area contributed by atoms with Gasteiger partial charge in [-0.1, -0.05) is 13.3 Å². The van der Waals surface area contributed by atoms with Crippen LogP contribution >= 0.6 is 11.8 Å². The highest BCUT2D eigenvalue weighted by Crippen LogP contribution is 2.31. The van der Waals surface area contributed by atoms with Gasteiger partial charge in [0.15, 0.2) is 0 Å². The minimum atomic E-state index is -4.03. The lowest BCUT2D eigenvalue weighted by molar-refractivity contribution is -0.140. The summed E-state index contributed by atoms with van der Waals surface area (Å²) in [6, 6.07) is 0. The number of thioether (sulfide) groups is 1. The van der Waals surface area contributed by atoms with Gasteiger partial charge < -0.3 is 4.74 Å². The van der Waals surface area contributed by atoms with Crippen molar-refractivity contribution in [2.75, 3.05) is 18.1 Å². The lowest BCUT2D eigenvalue weighted by Crippen LogP contribution is -2.35. The molecule has 0 heterocycles. The van der Waals surface area contributed by atoms with Gasteiger partial charge in [-0.2, -0.15) is 11.8 Å². The molecule has 0 saturated carbocycles. The molecule has 0 N–H and O–H groups in total. The van der Waals surface area contributed by atoms with E-state index in [9.17, 15) is 26.7 Å². The van der Waals surface area contributed by atoms with Gasteiger partial charge in [0.05, 0.1) is 12.4 Å². The maximum absolute atomic E-state index is 12.9. The molecule has 1 unspecified atom stereocenters. The van der Waals surface area contributed by atoms with Crippen LogP contribution < -0.4 is 0 Å². The van der Waals surface area contributed by atoms with Crippen molar-refractivity contribution in [3.8, 4) is 0 Å². The zero-order chi connectivity index (χ0) is 15.6. The molecule has 0 aromatic heterocycles. The standard InChI is InChI=1S/C12H19F5O2S/c1-2-3-6-19-9(18)8-20-7-4-5-12(16,17)10(13)11(14)15/h10-11H,2-8H2,1H3. The van der Waals surface area contributed by atoms with Crippen LogP contribution in [-0.4, -0.2) is 42.6 Å². The molecule has 2 nitrogen and oxygen atoms in total. The second kappa shape index (κ2) is 10.2. The molecular formula is C12H19F5O2S. The van der Waals surface area contributed by atoms with Crippen LogP contribution in [0.25, 0.3) is 0 Å². The van der Waals surface area contributed by atoms with Crippen LogP contribution in [0.4, 0.5) is 22.0 Å². The van der Waals surface area contributed by atoms with E-state index in [1.54, 1.807) is 0 Å². The summed E-state index contributed by atoms with van der Waals surface area (Å²) in [6.07, 6.45) is -6.58. The fourth-order valence-electron chi connectivity index (χ4n) is 1.26. The number of alkyl halides is 5. The van der Waals surface area contributed by atoms with Crippen molar-refractivity contribution < 1.29 is 31.5 Å². The average Bonchev–Trinajstić information content (AvgIpc) is 2.37. The molecule has 0 aliphatic heterocycles. The van der Waals surface area contributed by atoms with E-state index in [0.717, 1.165) is 24.6 Å². The fraction of sp³-hybridized carbons (Fsp3) is 0.917. The van der Waals surface area contributed by atoms with Crippen molar-refractivity contribution in [3.63, 3.8) is 0 Å². The molecule has 0 aliphatic carbocycles. The van der Waals surface area contributed by atoms with E-state index in [4.69, 9.17) is 4.74 Å². The van der Waals surface area contributed by atoms with E-state index < -0.39 is 30.9 Å². The van der Waals surface area contributed by atoms with Crippen LogP contribution in [0.5, 0.6) is 0 Å². The molecule has 0 fully saturated rings. The van der Waals surface area contributed by atoms with Gasteiger partial charge in [-0.05, 0) is 18.6 Å². The second-order valence-corrected chi connectivity index (χ2v) is 5.33. The third-order valence-corrected chi connectivity index (χ3v) is 3.42. The number of carbonyl (C=O) groups excluding carboxylic acids is 1. The maximum atomic E-state index is 12.9. The van der Waals surface area contributed by atoms with Gasteiger partial charge >= 0.3 is 5.97 Å². The largest absolute Gasteiger partial charge is 0.465 e. The zero-order valence-corrected chi connectivity index (χ0v) is 12.0. The molecule has 0 bridgehead atoms. The van der Waals surface area contributed by atoms with Crippen LogP contribution in [-0.2, 0) is 9.53 Å². The Morgan fingerprint density at radius 1 is 1.25 bits per heavy atom. The summed E-state index contributed by atoms with van der Waals surface area (Å²) < 4.78 is 66.8. The van der Waals surface area contributed by atoms with E-state index >= 15 is 0 Å². The van der Waals surface area contributed by atoms with Crippen molar-refractivity contribution in [1.82, 2.24) is 0 Å². The monoisotopic (exact) mass is 322 g/mol. The normalized spacial score (nSPS) is 13.6. The van der Waals surface area contributed by atoms with Gasteiger partial charge in [-0.15, -0.1) is 0 Å². The molecule has 0 spiro atoms. The number of hydrogen-bond donors (Lipinski definition) is 0. The van der Waals surface area contributed by atoms with Gasteiger partial charge in [0.25, 0.3) is 12.3 Å². The third kappa shape index (κ3) is 8.60. The highest BCUT2D eigenvalue weighted by Gasteiger charge is 2.45. The Balaban J connectivity index is 3.68. The molecule has 0 aromatic carbocycles. The SMILES string of the molecule is CCCCOC(=O)CSCCCC(F)(F)C(F)C(F)F. The van der Waals surface area contributed by atoms with Gasteiger partial charge in [0, 0.05) is 6.42 Å². The van der Waals surface area contributed by atoms with Crippen LogP contribution in [0.2, 0.25) is 0 Å². The lowest BCUT2D eigenvalue weighted by Gasteiger charge is -2.19. The average molecular weight is 322 g/mol. The van der Waals surface area contributed by atoms with Crippen molar-refractivity contribution >= 4 is 17.7 Å². The molecule has 20 heavy (non-hydrogen) atoms. The Labute approximate surface area is 119 Å². The molecule has 0 aliphatic rings. The Kier molecular flexibility index (Phi) is 9.96. The first kappa shape index (κ1) is 19.5. The molecule has 1 atom stereocenters. The van der Waals surface area contributed by atoms with E-state index in [1.165, 1.54) is 0 Å². The van der Waals surface area contributed by atoms with Crippen LogP contribution in [0, 0.1) is 0 Å². The van der Waals surface area contributed by atoms with Gasteiger partial charge in [-0.25, -0.2) is 22.0 Å². The van der Waals surface area contributed by atoms with Gasteiger partial charge in [0.2, 0.25) is 6.17 Å². The minimum absolute atomic E-state index is 0.0171. The van der Waals surface area contributed by atoms with Crippen molar-refractivity contribution in [2.45, 2.75) is 51.1 Å². The minimum Gasteiger partial charge on any atom is -0.465 e. The van der Waals surface area contributed by atoms with Crippen LogP contribution in [0.3, 0.4) is 0 Å². The quantitative estimate of drug-likeness (QED) is 0.326. The fourth-order valence-corrected chi connectivity index (χ4v) is 2.00. The highest BCUT2D eigenvalue weighted by molar-refractivity contribution is 7.99. The van der Waals surface area contributed by atoms with Gasteiger partial charge in [0.1, 0.15) is 0 Å². The topological polar surface area (TPSA) is 26.3 Å². The molecule has 120 valence electrons. The summed E-state index contributed by atoms with van der Waals surface area (Å²) in [5.41, 5.74) is 0. The number of esters is 1. The van der Waals surface area contributed by atoms with Crippen molar-refractivity contribution in [1.29, 1.82) is 0 Å². The molecule has 0 amide bonds. The number of rotatable bonds is 11. The molecule has 0 rings (SSSR count). The first-order valence-electron chi connectivity index (χ1n) is 6.34. The first-order chi connectivity index (χ1) is 9.31. The maximum Gasteiger partial charge on any atom is 0.315 e. The highest BCUT2D eigenvalue weighted by atomic mass is 32.2. The van der Waals surface area contributed by atoms with E-state index in [1.807, 2.05) is 6.92 Å². The predicted octanol–water partition coefficient (Wildman–Crippen LogP) is 4.08. The molecule has 0 aromatic rings. The van der Waals surface area contributed by atoms with Crippen molar-refractivity contribution in [2.24, 2.45) is 0 Å². The molecular weight excluding hydrogens is 303 g/mol. The number of hydrogen-bond acceptors (Lipinski definition) is 3. The van der Waals surface area contributed by atoms with E-state index in [2.05, 4.69) is 0 Å². The summed E-state index contributed by atoms with van der Waals surface area (Å²) in [7, 11) is 0. The summed E-state index contributed by atoms with van der Waals surface area (Å²) in [5, 5.41) is 0. The summed E-state index contributed by atoms with van der Waals surface area (Å²) >= 11 is 1.06. The van der Waals surface area contributed by atoms with Gasteiger partial charge in [-0.3, -0.25) is 4.79 Å². The molecule has 0 saturated heterocycles. The number of carbonyl (C=O) groups is 1. The Morgan fingerprint density at radius 3 is 2.45 bits per heavy atom. The molecule has 8 heteroatoms. The Hall–Kier alpha value is -0.530. The summed E-state index contributed by atoms with van der Waals surface area (Å²) in [5.74, 6) is -4.29. The summed E-state index contributed by atoms with van der Waals surface area (Å²) in [4.78, 5) is 11.1. The predicted molar refractivity (Wildman–Crippen MR) is 68.3 cm³/mol. The Morgan fingerprint density at radius 2 is 1.90 bits per heavy atom. The lowest BCUT2D eigenvalue weighted by atomic mass is 10.1. The first-order valence-corrected chi connectivity index (χ1v) is 7.50.